The number of pyridine rings is 1. The van der Waals surface area contributed by atoms with Crippen LogP contribution in [0.2, 0.25) is 0 Å². The molecule has 4 N–H and O–H groups in total. The van der Waals surface area contributed by atoms with Gasteiger partial charge < -0.3 is 25.5 Å². The summed E-state index contributed by atoms with van der Waals surface area (Å²) in [4.78, 5) is 29.2. The van der Waals surface area contributed by atoms with Gasteiger partial charge in [-0.25, -0.2) is 8.78 Å². The third-order valence-corrected chi connectivity index (χ3v) is 6.57. The molecule has 204 valence electrons. The number of carbonyl (C=O) groups is 1. The van der Waals surface area contributed by atoms with Crippen LogP contribution in [0, 0.1) is 11.6 Å². The number of ether oxygens (including phenoxy) is 1. The number of aliphatic hydroxyl groups is 1. The van der Waals surface area contributed by atoms with Gasteiger partial charge in [-0.05, 0) is 53.8 Å². The maximum Gasteiger partial charge on any atom is 0.257 e. The summed E-state index contributed by atoms with van der Waals surface area (Å²) in [5.41, 5.74) is 2.33. The molecule has 0 radical (unpaired) electrons. The maximum absolute atomic E-state index is 13.9. The van der Waals surface area contributed by atoms with Gasteiger partial charge >= 0.3 is 0 Å². The molecule has 1 heterocycles. The molecule has 0 aliphatic rings. The van der Waals surface area contributed by atoms with E-state index >= 15 is 0 Å². The predicted molar refractivity (Wildman–Crippen MR) is 146 cm³/mol. The molecule has 2 atom stereocenters. The summed E-state index contributed by atoms with van der Waals surface area (Å²) >= 11 is 0. The molecule has 0 bridgehead atoms. The van der Waals surface area contributed by atoms with Crippen LogP contribution in [0.4, 0.5) is 8.78 Å². The quantitative estimate of drug-likeness (QED) is 0.234. The smallest absolute Gasteiger partial charge is 0.257 e. The van der Waals surface area contributed by atoms with Crippen LogP contribution in [0.5, 0.6) is 5.75 Å². The first-order chi connectivity index (χ1) is 18.8. The Bertz CT molecular complexity index is 1500. The van der Waals surface area contributed by atoms with E-state index in [9.17, 15) is 23.5 Å². The molecule has 0 aliphatic heterocycles. The highest BCUT2D eigenvalue weighted by Crippen LogP contribution is 2.17. The average molecular weight is 536 g/mol. The van der Waals surface area contributed by atoms with Gasteiger partial charge in [0.1, 0.15) is 22.9 Å². The number of aromatic amines is 1. The van der Waals surface area contributed by atoms with E-state index in [1.54, 1.807) is 18.2 Å². The zero-order valence-electron chi connectivity index (χ0n) is 21.8. The number of nitrogens with one attached hydrogen (secondary N) is 3. The number of hydrogen-bond acceptors (Lipinski definition) is 5. The largest absolute Gasteiger partial charge is 0.497 e. The van der Waals surface area contributed by atoms with Crippen LogP contribution in [0.15, 0.2) is 71.7 Å². The number of amides is 1. The minimum atomic E-state index is -1.13. The molecule has 0 spiro atoms. The highest BCUT2D eigenvalue weighted by Gasteiger charge is 2.24. The van der Waals surface area contributed by atoms with Crippen molar-refractivity contribution in [3.63, 3.8) is 0 Å². The summed E-state index contributed by atoms with van der Waals surface area (Å²) in [5, 5.41) is 17.2. The highest BCUT2D eigenvalue weighted by atomic mass is 19.1. The van der Waals surface area contributed by atoms with Crippen LogP contribution in [0.1, 0.15) is 34.0 Å². The SMILES string of the molecule is CCc1cccc(CNC[C@@H](O)[C@H](Cc2cc(F)cc(F)c2)NC(=O)c2c[nH]c3cc(OC)ccc3c2=O)c1. The third kappa shape index (κ3) is 7.07. The molecule has 4 aromatic rings. The minimum Gasteiger partial charge on any atom is -0.497 e. The van der Waals surface area contributed by atoms with Crippen molar-refractivity contribution in [2.24, 2.45) is 0 Å². The van der Waals surface area contributed by atoms with E-state index in [2.05, 4.69) is 28.6 Å². The lowest BCUT2D eigenvalue weighted by Crippen LogP contribution is -2.49. The van der Waals surface area contributed by atoms with Crippen LogP contribution >= 0.6 is 0 Å². The molecule has 0 saturated carbocycles. The Morgan fingerprint density at radius 1 is 1.03 bits per heavy atom. The molecule has 0 saturated heterocycles. The number of aryl methyl sites for hydroxylation is 1. The van der Waals surface area contributed by atoms with E-state index in [1.165, 1.54) is 18.9 Å². The first-order valence-electron chi connectivity index (χ1n) is 12.7. The van der Waals surface area contributed by atoms with Gasteiger partial charge in [-0.3, -0.25) is 9.59 Å². The fourth-order valence-corrected chi connectivity index (χ4v) is 4.48. The van der Waals surface area contributed by atoms with Gasteiger partial charge in [0.25, 0.3) is 5.91 Å². The molecule has 1 aromatic heterocycles. The third-order valence-electron chi connectivity index (χ3n) is 6.57. The number of methoxy groups -OCH3 is 1. The first-order valence-corrected chi connectivity index (χ1v) is 12.7. The van der Waals surface area contributed by atoms with Crippen molar-refractivity contribution in [1.29, 1.82) is 0 Å². The monoisotopic (exact) mass is 535 g/mol. The van der Waals surface area contributed by atoms with Crippen molar-refractivity contribution >= 4 is 16.8 Å². The molecular weight excluding hydrogens is 504 g/mol. The Balaban J connectivity index is 1.53. The average Bonchev–Trinajstić information content (AvgIpc) is 2.92. The summed E-state index contributed by atoms with van der Waals surface area (Å²) in [5.74, 6) is -1.69. The van der Waals surface area contributed by atoms with Crippen molar-refractivity contribution in [3.8, 4) is 5.75 Å². The van der Waals surface area contributed by atoms with Crippen molar-refractivity contribution < 1.29 is 23.4 Å². The van der Waals surface area contributed by atoms with Crippen LogP contribution in [0.3, 0.4) is 0 Å². The van der Waals surface area contributed by atoms with Gasteiger partial charge in [0.05, 0.1) is 24.8 Å². The standard InChI is InChI=1S/C30H31F2N3O4/c1-3-18-5-4-6-19(9-18)15-33-17-28(36)27(12-20-10-21(31)13-22(32)11-20)35-30(38)25-16-34-26-14-23(39-2)7-8-24(26)29(25)37/h4-11,13-14,16,27-28,33,36H,3,12,15,17H2,1-2H3,(H,34,37)(H,35,38)/t27-,28+/m0/s1. The second-order valence-electron chi connectivity index (χ2n) is 9.38. The molecule has 0 aliphatic carbocycles. The molecule has 39 heavy (non-hydrogen) atoms. The van der Waals surface area contributed by atoms with Crippen molar-refractivity contribution in [2.45, 2.75) is 38.5 Å². The van der Waals surface area contributed by atoms with Crippen LogP contribution in [0.25, 0.3) is 10.9 Å². The van der Waals surface area contributed by atoms with Crippen molar-refractivity contribution in [2.75, 3.05) is 13.7 Å². The maximum atomic E-state index is 13.9. The van der Waals surface area contributed by atoms with E-state index in [0.29, 0.717) is 23.2 Å². The number of aliphatic hydroxyl groups excluding tert-OH is 1. The van der Waals surface area contributed by atoms with Gasteiger partial charge in [0.2, 0.25) is 5.43 Å². The van der Waals surface area contributed by atoms with E-state index in [0.717, 1.165) is 30.2 Å². The van der Waals surface area contributed by atoms with Gasteiger partial charge in [0.15, 0.2) is 0 Å². The summed E-state index contributed by atoms with van der Waals surface area (Å²) in [6.07, 6.45) is 1.01. The summed E-state index contributed by atoms with van der Waals surface area (Å²) < 4.78 is 32.9. The Labute approximate surface area is 224 Å². The van der Waals surface area contributed by atoms with E-state index in [4.69, 9.17) is 4.74 Å². The number of halogens is 2. The first kappa shape index (κ1) is 27.9. The second-order valence-corrected chi connectivity index (χ2v) is 9.38. The summed E-state index contributed by atoms with van der Waals surface area (Å²) in [7, 11) is 1.51. The van der Waals surface area contributed by atoms with Crippen LogP contribution in [-0.2, 0) is 19.4 Å². The van der Waals surface area contributed by atoms with E-state index in [1.807, 2.05) is 18.2 Å². The number of benzene rings is 3. The summed E-state index contributed by atoms with van der Waals surface area (Å²) in [6.45, 7) is 2.64. The topological polar surface area (TPSA) is 103 Å². The molecule has 3 aromatic carbocycles. The predicted octanol–water partition coefficient (Wildman–Crippen LogP) is 3.87. The molecule has 4 rings (SSSR count). The Morgan fingerprint density at radius 3 is 2.49 bits per heavy atom. The zero-order valence-corrected chi connectivity index (χ0v) is 21.8. The lowest BCUT2D eigenvalue weighted by molar-refractivity contribution is 0.0828. The molecule has 0 fully saturated rings. The number of fused-ring (bicyclic) bond motifs is 1. The lowest BCUT2D eigenvalue weighted by atomic mass is 10.00. The van der Waals surface area contributed by atoms with Gasteiger partial charge in [0, 0.05) is 36.8 Å². The Morgan fingerprint density at radius 2 is 1.77 bits per heavy atom. The van der Waals surface area contributed by atoms with Crippen LogP contribution in [-0.4, -0.2) is 41.8 Å². The fourth-order valence-electron chi connectivity index (χ4n) is 4.48. The van der Waals surface area contributed by atoms with Crippen LogP contribution < -0.4 is 20.8 Å². The number of aromatic nitrogens is 1. The fraction of sp³-hybridized carbons (Fsp3) is 0.267. The molecule has 1 amide bonds. The molecular formula is C30H31F2N3O4. The number of H-pyrrole nitrogens is 1. The zero-order chi connectivity index (χ0) is 27.9. The van der Waals surface area contributed by atoms with Crippen molar-refractivity contribution in [3.05, 3.63) is 111 Å². The van der Waals surface area contributed by atoms with Crippen molar-refractivity contribution in [1.82, 2.24) is 15.6 Å². The Kier molecular flexibility index (Phi) is 9.06. The lowest BCUT2D eigenvalue weighted by Gasteiger charge is -2.25. The molecule has 7 nitrogen and oxygen atoms in total. The highest BCUT2D eigenvalue weighted by molar-refractivity contribution is 5.97. The summed E-state index contributed by atoms with van der Waals surface area (Å²) in [6, 6.07) is 15.0. The van der Waals surface area contributed by atoms with Gasteiger partial charge in [-0.2, -0.15) is 0 Å². The van der Waals surface area contributed by atoms with Gasteiger partial charge in [-0.15, -0.1) is 0 Å². The normalized spacial score (nSPS) is 12.7. The molecule has 0 unspecified atom stereocenters. The van der Waals surface area contributed by atoms with E-state index in [-0.39, 0.29) is 24.1 Å². The Hall–Kier alpha value is -4.08. The minimum absolute atomic E-state index is 0.0583. The van der Waals surface area contributed by atoms with Gasteiger partial charge in [-0.1, -0.05) is 31.2 Å². The molecule has 9 heteroatoms. The second kappa shape index (κ2) is 12.6. The number of rotatable bonds is 11. The number of hydrogen-bond donors (Lipinski definition) is 4. The van der Waals surface area contributed by atoms with E-state index < -0.39 is 35.1 Å². The number of carbonyl (C=O) groups excluding carboxylic acids is 1.